The van der Waals surface area contributed by atoms with Gasteiger partial charge in [0.1, 0.15) is 11.0 Å². The Morgan fingerprint density at radius 1 is 1.26 bits per heavy atom. The average Bonchev–Trinajstić information content (AvgIpc) is 2.43. The Morgan fingerprint density at radius 3 is 2.65 bits per heavy atom. The SMILES string of the molecule is CC(C)NS(=O)(=O)c1cccc(CNc2cc(Cl)nc(N)n2)c1. The van der Waals surface area contributed by atoms with Crippen LogP contribution in [0.1, 0.15) is 19.4 Å². The molecule has 1 aromatic carbocycles. The van der Waals surface area contributed by atoms with Crippen LogP contribution in [0.4, 0.5) is 11.8 Å². The Hall–Kier alpha value is -1.90. The van der Waals surface area contributed by atoms with Gasteiger partial charge in [-0.25, -0.2) is 18.1 Å². The highest BCUT2D eigenvalue weighted by Gasteiger charge is 2.15. The topological polar surface area (TPSA) is 110 Å². The van der Waals surface area contributed by atoms with Crippen molar-refractivity contribution in [2.24, 2.45) is 0 Å². The number of nitrogens with two attached hydrogens (primary N) is 1. The van der Waals surface area contributed by atoms with E-state index in [4.69, 9.17) is 17.3 Å². The van der Waals surface area contributed by atoms with Gasteiger partial charge in [0.2, 0.25) is 16.0 Å². The van der Waals surface area contributed by atoms with Crippen LogP contribution >= 0.6 is 11.6 Å². The van der Waals surface area contributed by atoms with Gasteiger partial charge >= 0.3 is 0 Å². The minimum Gasteiger partial charge on any atom is -0.368 e. The molecule has 23 heavy (non-hydrogen) atoms. The van der Waals surface area contributed by atoms with Crippen LogP contribution in [0.25, 0.3) is 0 Å². The van der Waals surface area contributed by atoms with Gasteiger partial charge in [-0.2, -0.15) is 4.98 Å². The van der Waals surface area contributed by atoms with Crippen molar-refractivity contribution in [2.75, 3.05) is 11.1 Å². The first-order valence-corrected chi connectivity index (χ1v) is 8.77. The van der Waals surface area contributed by atoms with Gasteiger partial charge in [0, 0.05) is 18.7 Å². The van der Waals surface area contributed by atoms with Crippen LogP contribution in [0.2, 0.25) is 5.15 Å². The molecule has 9 heteroatoms. The molecule has 0 fully saturated rings. The lowest BCUT2D eigenvalue weighted by molar-refractivity contribution is 0.569. The van der Waals surface area contributed by atoms with E-state index < -0.39 is 10.0 Å². The first-order valence-electron chi connectivity index (χ1n) is 6.91. The molecular weight excluding hydrogens is 338 g/mol. The number of hydrogen-bond acceptors (Lipinski definition) is 6. The molecule has 0 spiro atoms. The molecule has 124 valence electrons. The summed E-state index contributed by atoms with van der Waals surface area (Å²) in [6.45, 7) is 3.91. The van der Waals surface area contributed by atoms with Gasteiger partial charge in [-0.3, -0.25) is 0 Å². The van der Waals surface area contributed by atoms with E-state index in [1.165, 1.54) is 0 Å². The van der Waals surface area contributed by atoms with E-state index in [2.05, 4.69) is 20.0 Å². The molecule has 0 aliphatic carbocycles. The summed E-state index contributed by atoms with van der Waals surface area (Å²) >= 11 is 5.81. The molecule has 0 aliphatic heterocycles. The fraction of sp³-hybridized carbons (Fsp3) is 0.286. The van der Waals surface area contributed by atoms with Crippen LogP contribution in [-0.2, 0) is 16.6 Å². The van der Waals surface area contributed by atoms with Gasteiger partial charge < -0.3 is 11.1 Å². The highest BCUT2D eigenvalue weighted by molar-refractivity contribution is 7.89. The van der Waals surface area contributed by atoms with Crippen LogP contribution in [-0.4, -0.2) is 24.4 Å². The number of nitrogens with one attached hydrogen (secondary N) is 2. The third-order valence-electron chi connectivity index (χ3n) is 2.79. The molecule has 0 amide bonds. The van der Waals surface area contributed by atoms with E-state index in [1.807, 2.05) is 6.07 Å². The number of aromatic nitrogens is 2. The van der Waals surface area contributed by atoms with Crippen LogP contribution < -0.4 is 15.8 Å². The van der Waals surface area contributed by atoms with Crippen molar-refractivity contribution in [1.29, 1.82) is 0 Å². The van der Waals surface area contributed by atoms with Crippen molar-refractivity contribution < 1.29 is 8.42 Å². The molecule has 0 unspecified atom stereocenters. The van der Waals surface area contributed by atoms with E-state index in [0.29, 0.717) is 12.4 Å². The summed E-state index contributed by atoms with van der Waals surface area (Å²) in [4.78, 5) is 7.98. The van der Waals surface area contributed by atoms with Gasteiger partial charge in [0.15, 0.2) is 0 Å². The highest BCUT2D eigenvalue weighted by Crippen LogP contribution is 2.16. The van der Waals surface area contributed by atoms with Gasteiger partial charge in [-0.1, -0.05) is 23.7 Å². The van der Waals surface area contributed by atoms with Crippen molar-refractivity contribution in [2.45, 2.75) is 31.3 Å². The minimum absolute atomic E-state index is 0.0671. The number of nitrogen functional groups attached to an aromatic ring is 1. The highest BCUT2D eigenvalue weighted by atomic mass is 35.5. The zero-order valence-corrected chi connectivity index (χ0v) is 14.3. The molecule has 1 heterocycles. The molecule has 0 bridgehead atoms. The van der Waals surface area contributed by atoms with Gasteiger partial charge in [-0.15, -0.1) is 0 Å². The Bertz CT molecular complexity index is 775. The van der Waals surface area contributed by atoms with Crippen LogP contribution in [0.3, 0.4) is 0 Å². The van der Waals surface area contributed by atoms with Crippen molar-refractivity contribution in [1.82, 2.24) is 14.7 Å². The normalized spacial score (nSPS) is 11.7. The molecule has 2 aromatic rings. The number of rotatable bonds is 6. The molecule has 7 nitrogen and oxygen atoms in total. The predicted molar refractivity (Wildman–Crippen MR) is 90.7 cm³/mol. The lowest BCUT2D eigenvalue weighted by Crippen LogP contribution is -2.30. The third-order valence-corrected chi connectivity index (χ3v) is 4.64. The maximum absolute atomic E-state index is 12.2. The van der Waals surface area contributed by atoms with Gasteiger partial charge in [-0.05, 0) is 31.5 Å². The summed E-state index contributed by atoms with van der Waals surface area (Å²) in [6, 6.07) is 8.02. The van der Waals surface area contributed by atoms with E-state index in [-0.39, 0.29) is 22.0 Å². The number of anilines is 2. The number of nitrogens with zero attached hydrogens (tertiary/aromatic N) is 2. The Labute approximate surface area is 140 Å². The maximum Gasteiger partial charge on any atom is 0.240 e. The van der Waals surface area contributed by atoms with E-state index in [1.54, 1.807) is 38.1 Å². The fourth-order valence-electron chi connectivity index (χ4n) is 1.92. The molecule has 1 aromatic heterocycles. The smallest absolute Gasteiger partial charge is 0.240 e. The standard InChI is InChI=1S/C14H18ClN5O2S/c1-9(2)20-23(21,22)11-5-3-4-10(6-11)8-17-13-7-12(15)18-14(16)19-13/h3-7,9,20H,8H2,1-2H3,(H3,16,17,18,19). The second-order valence-electron chi connectivity index (χ2n) is 5.21. The summed E-state index contributed by atoms with van der Waals surface area (Å²) in [6.07, 6.45) is 0. The summed E-state index contributed by atoms with van der Waals surface area (Å²) in [7, 11) is -3.52. The van der Waals surface area contributed by atoms with Crippen LogP contribution in [0.15, 0.2) is 35.2 Å². The number of sulfonamides is 1. The second-order valence-corrected chi connectivity index (χ2v) is 7.31. The first kappa shape index (κ1) is 17.5. The zero-order chi connectivity index (χ0) is 17.0. The second kappa shape index (κ2) is 7.12. The van der Waals surface area contributed by atoms with Crippen LogP contribution in [0, 0.1) is 0 Å². The summed E-state index contributed by atoms with van der Waals surface area (Å²) in [5, 5.41) is 3.27. The number of benzene rings is 1. The maximum atomic E-state index is 12.2. The summed E-state index contributed by atoms with van der Waals surface area (Å²) in [5.41, 5.74) is 6.30. The molecule has 4 N–H and O–H groups in total. The lowest BCUT2D eigenvalue weighted by atomic mass is 10.2. The quantitative estimate of drug-likeness (QED) is 0.684. The van der Waals surface area contributed by atoms with Crippen molar-refractivity contribution >= 4 is 33.4 Å². The molecule has 0 radical (unpaired) electrons. The fourth-order valence-corrected chi connectivity index (χ4v) is 3.43. The Morgan fingerprint density at radius 2 is 2.00 bits per heavy atom. The monoisotopic (exact) mass is 355 g/mol. The molecular formula is C14H18ClN5O2S. The largest absolute Gasteiger partial charge is 0.368 e. The van der Waals surface area contributed by atoms with Crippen molar-refractivity contribution in [3.8, 4) is 0 Å². The lowest BCUT2D eigenvalue weighted by Gasteiger charge is -2.11. The Kier molecular flexibility index (Phi) is 5.40. The summed E-state index contributed by atoms with van der Waals surface area (Å²) in [5.74, 6) is 0.536. The molecule has 0 aliphatic rings. The molecule has 0 saturated carbocycles. The number of hydrogen-bond donors (Lipinski definition) is 3. The Balaban J connectivity index is 2.14. The first-order chi connectivity index (χ1) is 10.8. The van der Waals surface area contributed by atoms with E-state index in [0.717, 1.165) is 5.56 Å². The van der Waals surface area contributed by atoms with Crippen molar-refractivity contribution in [3.63, 3.8) is 0 Å². The van der Waals surface area contributed by atoms with E-state index in [9.17, 15) is 8.42 Å². The van der Waals surface area contributed by atoms with E-state index >= 15 is 0 Å². The molecule has 0 saturated heterocycles. The summed E-state index contributed by atoms with van der Waals surface area (Å²) < 4.78 is 26.9. The van der Waals surface area contributed by atoms with Gasteiger partial charge in [0.05, 0.1) is 4.90 Å². The average molecular weight is 356 g/mol. The minimum atomic E-state index is -3.52. The van der Waals surface area contributed by atoms with Gasteiger partial charge in [0.25, 0.3) is 0 Å². The molecule has 2 rings (SSSR count). The number of halogens is 1. The predicted octanol–water partition coefficient (Wildman–Crippen LogP) is 2.01. The third kappa shape index (κ3) is 5.05. The van der Waals surface area contributed by atoms with Crippen molar-refractivity contribution in [3.05, 3.63) is 41.0 Å². The molecule has 0 atom stereocenters. The van der Waals surface area contributed by atoms with Crippen LogP contribution in [0.5, 0.6) is 0 Å². The zero-order valence-electron chi connectivity index (χ0n) is 12.7.